The molecule has 3 aromatic rings. The van der Waals surface area contributed by atoms with Crippen LogP contribution in [0.4, 0.5) is 0 Å². The number of amides is 1. The molecule has 2 aromatic heterocycles. The van der Waals surface area contributed by atoms with Crippen LogP contribution in [-0.2, 0) is 17.9 Å². The number of aryl methyl sites for hydroxylation is 2. The summed E-state index contributed by atoms with van der Waals surface area (Å²) < 4.78 is 0. The van der Waals surface area contributed by atoms with Crippen LogP contribution in [0.25, 0.3) is 11.0 Å². The van der Waals surface area contributed by atoms with Gasteiger partial charge < -0.3 is 10.3 Å². The summed E-state index contributed by atoms with van der Waals surface area (Å²) in [5.74, 6) is 1.11. The van der Waals surface area contributed by atoms with Crippen molar-refractivity contribution in [3.05, 3.63) is 59.2 Å². The zero-order chi connectivity index (χ0) is 18.8. The number of hydrogen-bond acceptors (Lipinski definition) is 4. The molecule has 6 nitrogen and oxygen atoms in total. The van der Waals surface area contributed by atoms with E-state index in [-0.39, 0.29) is 11.9 Å². The fraction of sp³-hybridized carbons (Fsp3) is 0.381. The predicted octanol–water partition coefficient (Wildman–Crippen LogP) is 2.86. The molecule has 1 aliphatic heterocycles. The van der Waals surface area contributed by atoms with E-state index in [1.54, 1.807) is 0 Å². The normalized spacial score (nSPS) is 17.0. The van der Waals surface area contributed by atoms with E-state index in [0.717, 1.165) is 36.4 Å². The van der Waals surface area contributed by atoms with Crippen molar-refractivity contribution in [1.82, 2.24) is 25.2 Å². The van der Waals surface area contributed by atoms with Crippen LogP contribution in [0.5, 0.6) is 0 Å². The third-order valence-electron chi connectivity index (χ3n) is 5.32. The Balaban J connectivity index is 1.56. The van der Waals surface area contributed by atoms with Gasteiger partial charge in [-0.15, -0.1) is 0 Å². The smallest absolute Gasteiger partial charge is 0.220 e. The predicted molar refractivity (Wildman–Crippen MR) is 105 cm³/mol. The fourth-order valence-corrected chi connectivity index (χ4v) is 3.71. The average Bonchev–Trinajstić information content (AvgIpc) is 3.25. The Morgan fingerprint density at radius 3 is 2.70 bits per heavy atom. The number of H-pyrrole nitrogens is 1. The van der Waals surface area contributed by atoms with Crippen molar-refractivity contribution < 1.29 is 4.79 Å². The first kappa shape index (κ1) is 17.7. The number of nitrogens with zero attached hydrogens (tertiary/aromatic N) is 3. The molecule has 1 aliphatic rings. The zero-order valence-corrected chi connectivity index (χ0v) is 15.8. The Morgan fingerprint density at radius 1 is 1.15 bits per heavy atom. The number of carbonyl (C=O) groups is 1. The van der Waals surface area contributed by atoms with E-state index in [9.17, 15) is 4.79 Å². The number of pyridine rings is 1. The highest BCUT2D eigenvalue weighted by atomic mass is 16.1. The first-order valence-corrected chi connectivity index (χ1v) is 9.44. The largest absolute Gasteiger partial charge is 0.352 e. The van der Waals surface area contributed by atoms with Crippen molar-refractivity contribution >= 4 is 16.9 Å². The van der Waals surface area contributed by atoms with E-state index in [1.165, 1.54) is 16.7 Å². The lowest BCUT2D eigenvalue weighted by atomic mass is 10.1. The number of rotatable bonds is 6. The number of nitrogens with one attached hydrogen (secondary N) is 2. The number of aromatic nitrogens is 3. The molecule has 0 unspecified atom stereocenters. The first-order valence-electron chi connectivity index (χ1n) is 9.44. The average molecular weight is 363 g/mol. The van der Waals surface area contributed by atoms with E-state index >= 15 is 0 Å². The second kappa shape index (κ2) is 7.48. The zero-order valence-electron chi connectivity index (χ0n) is 15.8. The topological polar surface area (TPSA) is 73.9 Å². The highest BCUT2D eigenvalue weighted by molar-refractivity contribution is 5.80. The van der Waals surface area contributed by atoms with Crippen LogP contribution < -0.4 is 5.32 Å². The van der Waals surface area contributed by atoms with E-state index in [4.69, 9.17) is 4.98 Å². The Labute approximate surface area is 159 Å². The van der Waals surface area contributed by atoms with Crippen LogP contribution in [0.2, 0.25) is 0 Å². The summed E-state index contributed by atoms with van der Waals surface area (Å²) in [6.45, 7) is 6.54. The van der Waals surface area contributed by atoms with Gasteiger partial charge in [-0.3, -0.25) is 14.7 Å². The van der Waals surface area contributed by atoms with E-state index < -0.39 is 0 Å². The van der Waals surface area contributed by atoms with Crippen molar-refractivity contribution in [3.63, 3.8) is 0 Å². The summed E-state index contributed by atoms with van der Waals surface area (Å²) in [7, 11) is 0. The van der Waals surface area contributed by atoms with Gasteiger partial charge in [0.25, 0.3) is 0 Å². The molecule has 1 atom stereocenters. The number of benzene rings is 1. The van der Waals surface area contributed by atoms with Crippen LogP contribution in [0.1, 0.15) is 35.4 Å². The monoisotopic (exact) mass is 363 g/mol. The summed E-state index contributed by atoms with van der Waals surface area (Å²) in [4.78, 5) is 26.3. The van der Waals surface area contributed by atoms with E-state index in [2.05, 4.69) is 46.2 Å². The van der Waals surface area contributed by atoms with Crippen LogP contribution in [0.15, 0.2) is 36.7 Å². The molecular formula is C21H25N5O. The maximum absolute atomic E-state index is 11.6. The molecule has 4 rings (SSSR count). The molecular weight excluding hydrogens is 338 g/mol. The molecule has 27 heavy (non-hydrogen) atoms. The SMILES string of the molecule is Cc1ccc2[nH]c(CN(Cc3ccncc3)C[C@@H]3CCC(=O)N3)nc2c1C. The maximum Gasteiger partial charge on any atom is 0.220 e. The third-order valence-corrected chi connectivity index (χ3v) is 5.32. The van der Waals surface area contributed by atoms with Gasteiger partial charge in [-0.1, -0.05) is 6.07 Å². The fourth-order valence-electron chi connectivity index (χ4n) is 3.71. The molecule has 0 aliphatic carbocycles. The lowest BCUT2D eigenvalue weighted by molar-refractivity contribution is -0.119. The van der Waals surface area contributed by atoms with E-state index in [0.29, 0.717) is 13.0 Å². The molecule has 1 aromatic carbocycles. The molecule has 1 fully saturated rings. The van der Waals surface area contributed by atoms with Gasteiger partial charge in [-0.05, 0) is 55.2 Å². The summed E-state index contributed by atoms with van der Waals surface area (Å²) in [5.41, 5.74) is 5.80. The van der Waals surface area contributed by atoms with Crippen molar-refractivity contribution in [1.29, 1.82) is 0 Å². The molecule has 0 saturated carbocycles. The number of aromatic amines is 1. The summed E-state index contributed by atoms with van der Waals surface area (Å²) in [6, 6.07) is 8.49. The molecule has 1 saturated heterocycles. The molecule has 0 bridgehead atoms. The Bertz CT molecular complexity index is 950. The van der Waals surface area contributed by atoms with Crippen molar-refractivity contribution in [3.8, 4) is 0 Å². The van der Waals surface area contributed by atoms with Gasteiger partial charge in [0.15, 0.2) is 0 Å². The standard InChI is InChI=1S/C21H25N5O/c1-14-3-5-18-21(15(14)2)25-19(24-18)13-26(11-16-7-9-22-10-8-16)12-17-4-6-20(27)23-17/h3,5,7-10,17H,4,6,11-13H2,1-2H3,(H,23,27)(H,24,25)/t17-/m0/s1. The molecule has 0 spiro atoms. The van der Waals surface area contributed by atoms with E-state index in [1.807, 2.05) is 24.5 Å². The third kappa shape index (κ3) is 4.01. The van der Waals surface area contributed by atoms with Crippen LogP contribution in [0, 0.1) is 13.8 Å². The summed E-state index contributed by atoms with van der Waals surface area (Å²) in [5, 5.41) is 3.08. The number of carbonyl (C=O) groups excluding carboxylic acids is 1. The minimum absolute atomic E-state index is 0.152. The van der Waals surface area contributed by atoms with Gasteiger partial charge in [0.05, 0.1) is 17.6 Å². The lowest BCUT2D eigenvalue weighted by Crippen LogP contribution is -2.38. The second-order valence-corrected chi connectivity index (χ2v) is 7.42. The van der Waals surface area contributed by atoms with Gasteiger partial charge in [0, 0.05) is 37.9 Å². The second-order valence-electron chi connectivity index (χ2n) is 7.42. The van der Waals surface area contributed by atoms with Crippen LogP contribution in [0.3, 0.4) is 0 Å². The number of hydrogen-bond donors (Lipinski definition) is 2. The summed E-state index contributed by atoms with van der Waals surface area (Å²) >= 11 is 0. The van der Waals surface area contributed by atoms with Crippen molar-refractivity contribution in [2.24, 2.45) is 0 Å². The van der Waals surface area contributed by atoms with Crippen LogP contribution >= 0.6 is 0 Å². The molecule has 1 amide bonds. The molecule has 140 valence electrons. The highest BCUT2D eigenvalue weighted by Gasteiger charge is 2.24. The van der Waals surface area contributed by atoms with Gasteiger partial charge in [-0.25, -0.2) is 4.98 Å². The molecule has 3 heterocycles. The quantitative estimate of drug-likeness (QED) is 0.706. The van der Waals surface area contributed by atoms with Gasteiger partial charge >= 0.3 is 0 Å². The highest BCUT2D eigenvalue weighted by Crippen LogP contribution is 2.21. The minimum Gasteiger partial charge on any atom is -0.352 e. The Morgan fingerprint density at radius 2 is 1.96 bits per heavy atom. The molecule has 0 radical (unpaired) electrons. The van der Waals surface area contributed by atoms with Crippen molar-refractivity contribution in [2.75, 3.05) is 6.54 Å². The Hall–Kier alpha value is -2.73. The molecule has 6 heteroatoms. The minimum atomic E-state index is 0.152. The number of fused-ring (bicyclic) bond motifs is 1. The van der Waals surface area contributed by atoms with Gasteiger partial charge in [0.2, 0.25) is 5.91 Å². The summed E-state index contributed by atoms with van der Waals surface area (Å²) in [6.07, 6.45) is 5.15. The number of imidazole rings is 1. The first-order chi connectivity index (χ1) is 13.1. The Kier molecular flexibility index (Phi) is 4.90. The van der Waals surface area contributed by atoms with Crippen LogP contribution in [-0.4, -0.2) is 38.3 Å². The maximum atomic E-state index is 11.6. The molecule has 2 N–H and O–H groups in total. The lowest BCUT2D eigenvalue weighted by Gasteiger charge is -2.24. The van der Waals surface area contributed by atoms with Crippen molar-refractivity contribution in [2.45, 2.75) is 45.8 Å². The van der Waals surface area contributed by atoms with Gasteiger partial charge in [0.1, 0.15) is 5.82 Å². The van der Waals surface area contributed by atoms with Gasteiger partial charge in [-0.2, -0.15) is 0 Å².